The second-order valence-corrected chi connectivity index (χ2v) is 6.24. The molecular weight excluding hydrogens is 336 g/mol. The lowest BCUT2D eigenvalue weighted by atomic mass is 9.91. The molecule has 26 heavy (non-hydrogen) atoms. The fourth-order valence-electron chi connectivity index (χ4n) is 3.05. The average molecular weight is 356 g/mol. The number of benzene rings is 1. The molecule has 0 saturated carbocycles. The molecule has 1 aliphatic rings. The molecule has 1 amide bonds. The Hall–Kier alpha value is -3.09. The molecular formula is C19H20N2O5. The van der Waals surface area contributed by atoms with Gasteiger partial charge in [-0.15, -0.1) is 0 Å². The van der Waals surface area contributed by atoms with Crippen molar-refractivity contribution in [1.29, 1.82) is 0 Å². The van der Waals surface area contributed by atoms with Crippen LogP contribution in [-0.4, -0.2) is 54.2 Å². The van der Waals surface area contributed by atoms with Crippen LogP contribution in [0.4, 0.5) is 0 Å². The Morgan fingerprint density at radius 2 is 1.81 bits per heavy atom. The molecule has 1 saturated heterocycles. The van der Waals surface area contributed by atoms with Gasteiger partial charge in [0.05, 0.1) is 14.2 Å². The molecule has 2 aromatic rings. The number of carboxylic acid groups (broad SMARTS) is 1. The Morgan fingerprint density at radius 3 is 2.38 bits per heavy atom. The lowest BCUT2D eigenvalue weighted by Crippen LogP contribution is -2.50. The summed E-state index contributed by atoms with van der Waals surface area (Å²) in [6.07, 6.45) is 2.16. The fourth-order valence-corrected chi connectivity index (χ4v) is 3.05. The molecule has 0 bridgehead atoms. The SMILES string of the molecule is COc1cc(CC2CN(C(=O)c3ccnc(C(=O)O)c3)C2)cc(OC)c1. The number of carbonyl (C=O) groups excluding carboxylic acids is 1. The third-order valence-electron chi connectivity index (χ3n) is 4.41. The highest BCUT2D eigenvalue weighted by Gasteiger charge is 2.31. The first-order chi connectivity index (χ1) is 12.5. The van der Waals surface area contributed by atoms with Crippen LogP contribution >= 0.6 is 0 Å². The van der Waals surface area contributed by atoms with E-state index in [0.29, 0.717) is 24.6 Å². The van der Waals surface area contributed by atoms with Crippen LogP contribution in [-0.2, 0) is 6.42 Å². The molecule has 1 aromatic carbocycles. The van der Waals surface area contributed by atoms with Crippen molar-refractivity contribution in [2.24, 2.45) is 5.92 Å². The molecule has 0 radical (unpaired) electrons. The fraction of sp³-hybridized carbons (Fsp3) is 0.316. The first-order valence-electron chi connectivity index (χ1n) is 8.20. The van der Waals surface area contributed by atoms with Crippen molar-refractivity contribution in [2.75, 3.05) is 27.3 Å². The van der Waals surface area contributed by atoms with Gasteiger partial charge in [-0.3, -0.25) is 4.79 Å². The minimum Gasteiger partial charge on any atom is -0.497 e. The minimum atomic E-state index is -1.15. The summed E-state index contributed by atoms with van der Waals surface area (Å²) in [5.74, 6) is 0.508. The number of hydrogen-bond donors (Lipinski definition) is 1. The van der Waals surface area contributed by atoms with Crippen LogP contribution in [0.15, 0.2) is 36.5 Å². The van der Waals surface area contributed by atoms with Crippen LogP contribution in [0.2, 0.25) is 0 Å². The van der Waals surface area contributed by atoms with Gasteiger partial charge in [-0.25, -0.2) is 9.78 Å². The standard InChI is InChI=1S/C19H20N2O5/c1-25-15-6-12(7-16(9-15)26-2)5-13-10-21(11-13)18(22)14-3-4-20-17(8-14)19(23)24/h3-4,6-9,13H,5,10-11H2,1-2H3,(H,23,24). The van der Waals surface area contributed by atoms with Crippen molar-refractivity contribution in [2.45, 2.75) is 6.42 Å². The predicted octanol–water partition coefficient (Wildman–Crippen LogP) is 2.11. The van der Waals surface area contributed by atoms with Crippen molar-refractivity contribution in [3.05, 3.63) is 53.3 Å². The minimum absolute atomic E-state index is 0.128. The predicted molar refractivity (Wildman–Crippen MR) is 93.8 cm³/mol. The number of aromatic carboxylic acids is 1. The summed E-state index contributed by atoms with van der Waals surface area (Å²) in [4.78, 5) is 28.9. The third-order valence-corrected chi connectivity index (χ3v) is 4.41. The van der Waals surface area contributed by atoms with Crippen molar-refractivity contribution in [3.8, 4) is 11.5 Å². The Kier molecular flexibility index (Phi) is 5.06. The Labute approximate surface area is 151 Å². The molecule has 1 fully saturated rings. The molecule has 0 spiro atoms. The van der Waals surface area contributed by atoms with E-state index in [4.69, 9.17) is 14.6 Å². The average Bonchev–Trinajstić information content (AvgIpc) is 2.63. The van der Waals surface area contributed by atoms with Crippen molar-refractivity contribution < 1.29 is 24.2 Å². The quantitative estimate of drug-likeness (QED) is 0.853. The maximum Gasteiger partial charge on any atom is 0.354 e. The van der Waals surface area contributed by atoms with E-state index >= 15 is 0 Å². The summed E-state index contributed by atoms with van der Waals surface area (Å²) in [5, 5.41) is 8.98. The molecule has 2 heterocycles. The zero-order chi connectivity index (χ0) is 18.7. The number of carbonyl (C=O) groups is 2. The number of aromatic nitrogens is 1. The summed E-state index contributed by atoms with van der Waals surface area (Å²) >= 11 is 0. The van der Waals surface area contributed by atoms with E-state index in [1.165, 1.54) is 18.3 Å². The lowest BCUT2D eigenvalue weighted by Gasteiger charge is -2.39. The van der Waals surface area contributed by atoms with Gasteiger partial charge in [0, 0.05) is 30.9 Å². The van der Waals surface area contributed by atoms with Gasteiger partial charge in [-0.2, -0.15) is 0 Å². The number of ether oxygens (including phenoxy) is 2. The largest absolute Gasteiger partial charge is 0.497 e. The molecule has 0 atom stereocenters. The molecule has 0 aliphatic carbocycles. The Bertz CT molecular complexity index is 808. The second kappa shape index (κ2) is 7.43. The molecule has 1 aromatic heterocycles. The summed E-state index contributed by atoms with van der Waals surface area (Å²) in [5.41, 5.74) is 1.31. The zero-order valence-corrected chi connectivity index (χ0v) is 14.6. The van der Waals surface area contributed by atoms with Gasteiger partial charge in [0.15, 0.2) is 0 Å². The summed E-state index contributed by atoms with van der Waals surface area (Å²) in [7, 11) is 3.23. The number of carboxylic acids is 1. The van der Waals surface area contributed by atoms with Crippen molar-refractivity contribution in [3.63, 3.8) is 0 Å². The highest BCUT2D eigenvalue weighted by molar-refractivity contribution is 5.97. The number of pyridine rings is 1. The molecule has 1 N–H and O–H groups in total. The van der Waals surface area contributed by atoms with Crippen LogP contribution in [0.3, 0.4) is 0 Å². The van der Waals surface area contributed by atoms with Crippen molar-refractivity contribution >= 4 is 11.9 Å². The molecule has 3 rings (SSSR count). The summed E-state index contributed by atoms with van der Waals surface area (Å²) in [6, 6.07) is 8.60. The van der Waals surface area contributed by atoms with E-state index in [-0.39, 0.29) is 11.6 Å². The highest BCUT2D eigenvalue weighted by Crippen LogP contribution is 2.27. The highest BCUT2D eigenvalue weighted by atomic mass is 16.5. The Morgan fingerprint density at radius 1 is 1.15 bits per heavy atom. The molecule has 7 heteroatoms. The van der Waals surface area contributed by atoms with Gasteiger partial charge < -0.3 is 19.5 Å². The van der Waals surface area contributed by atoms with Crippen LogP contribution in [0, 0.1) is 5.92 Å². The maximum atomic E-state index is 12.5. The molecule has 136 valence electrons. The number of hydrogen-bond acceptors (Lipinski definition) is 5. The molecule has 7 nitrogen and oxygen atoms in total. The molecule has 0 unspecified atom stereocenters. The van der Waals surface area contributed by atoms with Crippen LogP contribution in [0.5, 0.6) is 11.5 Å². The third kappa shape index (κ3) is 3.77. The van der Waals surface area contributed by atoms with Gasteiger partial charge in [0.25, 0.3) is 5.91 Å². The van der Waals surface area contributed by atoms with Crippen LogP contribution in [0.25, 0.3) is 0 Å². The van der Waals surface area contributed by atoms with Crippen molar-refractivity contribution in [1.82, 2.24) is 9.88 Å². The van der Waals surface area contributed by atoms with Gasteiger partial charge in [0.1, 0.15) is 17.2 Å². The monoisotopic (exact) mass is 356 g/mol. The zero-order valence-electron chi connectivity index (χ0n) is 14.6. The van der Waals surface area contributed by atoms with E-state index in [2.05, 4.69) is 4.98 Å². The van der Waals surface area contributed by atoms with E-state index in [9.17, 15) is 9.59 Å². The van der Waals surface area contributed by atoms with Crippen LogP contribution in [0.1, 0.15) is 26.4 Å². The van der Waals surface area contributed by atoms with Gasteiger partial charge >= 0.3 is 5.97 Å². The number of methoxy groups -OCH3 is 2. The van der Waals surface area contributed by atoms with E-state index in [1.807, 2.05) is 18.2 Å². The number of amides is 1. The molecule has 1 aliphatic heterocycles. The first-order valence-corrected chi connectivity index (χ1v) is 8.20. The topological polar surface area (TPSA) is 89.0 Å². The van der Waals surface area contributed by atoms with E-state index < -0.39 is 5.97 Å². The normalized spacial score (nSPS) is 13.8. The van der Waals surface area contributed by atoms with Crippen LogP contribution < -0.4 is 9.47 Å². The van der Waals surface area contributed by atoms with E-state index in [1.54, 1.807) is 19.1 Å². The van der Waals surface area contributed by atoms with Gasteiger partial charge in [-0.1, -0.05) is 0 Å². The second-order valence-electron chi connectivity index (χ2n) is 6.24. The number of rotatable bonds is 6. The summed E-state index contributed by atoms with van der Waals surface area (Å²) < 4.78 is 10.6. The first kappa shape index (κ1) is 17.7. The maximum absolute atomic E-state index is 12.5. The number of likely N-dealkylation sites (tertiary alicyclic amines) is 1. The smallest absolute Gasteiger partial charge is 0.354 e. The Balaban J connectivity index is 1.61. The lowest BCUT2D eigenvalue weighted by molar-refractivity contribution is 0.0501. The number of nitrogens with zero attached hydrogens (tertiary/aromatic N) is 2. The van der Waals surface area contributed by atoms with E-state index in [0.717, 1.165) is 23.5 Å². The summed E-state index contributed by atoms with van der Waals surface area (Å²) in [6.45, 7) is 1.26. The van der Waals surface area contributed by atoms with Gasteiger partial charge in [0.2, 0.25) is 0 Å². The van der Waals surface area contributed by atoms with Gasteiger partial charge in [-0.05, 0) is 42.2 Å².